The van der Waals surface area contributed by atoms with E-state index in [9.17, 15) is 4.79 Å². The van der Waals surface area contributed by atoms with E-state index in [4.69, 9.17) is 0 Å². The first-order valence-corrected chi connectivity index (χ1v) is 9.45. The van der Waals surface area contributed by atoms with Crippen LogP contribution in [0, 0.1) is 13.8 Å². The van der Waals surface area contributed by atoms with Crippen molar-refractivity contribution < 1.29 is 4.79 Å². The molecule has 148 valence electrons. The minimum absolute atomic E-state index is 0.0513. The Kier molecular flexibility index (Phi) is 4.20. The molecule has 0 bridgehead atoms. The van der Waals surface area contributed by atoms with Crippen LogP contribution < -0.4 is 5.32 Å². The van der Waals surface area contributed by atoms with Crippen molar-refractivity contribution in [3.05, 3.63) is 72.2 Å². The molecule has 9 nitrogen and oxygen atoms in total. The molecule has 9 heteroatoms. The molecule has 1 aromatic carbocycles. The van der Waals surface area contributed by atoms with Crippen molar-refractivity contribution in [2.75, 3.05) is 5.32 Å². The number of hydrogen-bond acceptors (Lipinski definition) is 6. The van der Waals surface area contributed by atoms with Gasteiger partial charge in [0.05, 0.1) is 29.3 Å². The van der Waals surface area contributed by atoms with Gasteiger partial charge in [-0.2, -0.15) is 4.98 Å². The summed E-state index contributed by atoms with van der Waals surface area (Å²) in [6.07, 6.45) is 3.40. The molecule has 0 radical (unpaired) electrons. The van der Waals surface area contributed by atoms with Gasteiger partial charge in [-0.3, -0.25) is 9.36 Å². The van der Waals surface area contributed by atoms with Gasteiger partial charge in [0.2, 0.25) is 5.91 Å². The van der Waals surface area contributed by atoms with Crippen LogP contribution in [0.3, 0.4) is 0 Å². The fourth-order valence-corrected chi connectivity index (χ4v) is 3.38. The van der Waals surface area contributed by atoms with Crippen molar-refractivity contribution in [2.45, 2.75) is 20.3 Å². The Balaban J connectivity index is 1.31. The molecule has 5 aromatic rings. The zero-order valence-electron chi connectivity index (χ0n) is 16.4. The number of carbonyl (C=O) groups is 1. The quantitative estimate of drug-likeness (QED) is 0.499. The van der Waals surface area contributed by atoms with Crippen molar-refractivity contribution in [3.63, 3.8) is 0 Å². The fraction of sp³-hybridized carbons (Fsp3) is 0.143. The Labute approximate surface area is 171 Å². The Hall–Kier alpha value is -4.14. The minimum atomic E-state index is -0.220. The molecule has 1 N–H and O–H groups in total. The summed E-state index contributed by atoms with van der Waals surface area (Å²) >= 11 is 0. The first-order chi connectivity index (χ1) is 14.6. The summed E-state index contributed by atoms with van der Waals surface area (Å²) in [6, 6.07) is 13.4. The molecule has 30 heavy (non-hydrogen) atoms. The fourth-order valence-electron chi connectivity index (χ4n) is 3.38. The number of fused-ring (bicyclic) bond motifs is 2. The second kappa shape index (κ2) is 7.03. The third kappa shape index (κ3) is 3.26. The number of benzene rings is 1. The van der Waals surface area contributed by atoms with E-state index in [1.54, 1.807) is 23.1 Å². The lowest BCUT2D eigenvalue weighted by molar-refractivity contribution is -0.115. The highest BCUT2D eigenvalue weighted by Gasteiger charge is 2.12. The van der Waals surface area contributed by atoms with Crippen LogP contribution in [0.5, 0.6) is 0 Å². The molecule has 0 unspecified atom stereocenters. The average Bonchev–Trinajstić information content (AvgIpc) is 3.32. The highest BCUT2D eigenvalue weighted by molar-refractivity contribution is 5.91. The summed E-state index contributed by atoms with van der Waals surface area (Å²) in [6.45, 7) is 3.83. The average molecular weight is 398 g/mol. The molecule has 0 atom stereocenters. The molecule has 0 saturated carbocycles. The summed E-state index contributed by atoms with van der Waals surface area (Å²) in [5, 5.41) is 7.20. The Morgan fingerprint density at radius 1 is 1.07 bits per heavy atom. The van der Waals surface area contributed by atoms with E-state index in [0.717, 1.165) is 28.2 Å². The molecular formula is C21H18N8O. The van der Waals surface area contributed by atoms with Crippen LogP contribution >= 0.6 is 0 Å². The minimum Gasteiger partial charge on any atom is -0.324 e. The van der Waals surface area contributed by atoms with Gasteiger partial charge in [0.15, 0.2) is 5.82 Å². The van der Waals surface area contributed by atoms with Crippen LogP contribution in [0.25, 0.3) is 22.6 Å². The van der Waals surface area contributed by atoms with Crippen molar-refractivity contribution in [1.82, 2.24) is 34.1 Å². The number of aryl methyl sites for hydroxylation is 2. The Morgan fingerprint density at radius 2 is 1.93 bits per heavy atom. The lowest BCUT2D eigenvalue weighted by Gasteiger charge is -2.06. The van der Waals surface area contributed by atoms with Gasteiger partial charge in [-0.05, 0) is 44.2 Å². The highest BCUT2D eigenvalue weighted by atomic mass is 16.1. The smallest absolute Gasteiger partial charge is 0.252 e. The number of nitrogens with one attached hydrogen (secondary N) is 1. The molecule has 4 heterocycles. The van der Waals surface area contributed by atoms with E-state index in [-0.39, 0.29) is 12.3 Å². The summed E-state index contributed by atoms with van der Waals surface area (Å²) in [5.41, 5.74) is 4.25. The van der Waals surface area contributed by atoms with E-state index >= 15 is 0 Å². The monoisotopic (exact) mass is 398 g/mol. The van der Waals surface area contributed by atoms with E-state index in [1.165, 1.54) is 0 Å². The van der Waals surface area contributed by atoms with Crippen molar-refractivity contribution in [1.29, 1.82) is 0 Å². The van der Waals surface area contributed by atoms with Crippen molar-refractivity contribution in [2.24, 2.45) is 0 Å². The largest absolute Gasteiger partial charge is 0.324 e. The number of anilines is 1. The lowest BCUT2D eigenvalue weighted by atomic mass is 10.3. The van der Waals surface area contributed by atoms with Gasteiger partial charge in [0.25, 0.3) is 5.78 Å². The third-order valence-corrected chi connectivity index (χ3v) is 4.71. The molecule has 4 aromatic heterocycles. The Bertz CT molecular complexity index is 1380. The number of para-hydroxylation sites is 2. The number of imidazole rings is 1. The van der Waals surface area contributed by atoms with Crippen LogP contribution in [0.1, 0.15) is 17.2 Å². The molecule has 0 spiro atoms. The molecule has 1 amide bonds. The van der Waals surface area contributed by atoms with Crippen LogP contribution in [-0.4, -0.2) is 40.0 Å². The number of hydrogen-bond donors (Lipinski definition) is 1. The summed E-state index contributed by atoms with van der Waals surface area (Å²) in [5.74, 6) is 1.42. The maximum Gasteiger partial charge on any atom is 0.252 e. The Morgan fingerprint density at radius 3 is 2.77 bits per heavy atom. The standard InChI is InChI=1S/C21H18N8O/c1-13-9-14(2)29-21(24-13)26-18(27-29)10-20(30)25-15-7-8-19(22-11-15)28-12-23-16-5-3-4-6-17(16)28/h3-9,11-12H,10H2,1-2H3,(H,25,30). The number of nitrogens with zero attached hydrogens (tertiary/aromatic N) is 7. The second-order valence-corrected chi connectivity index (χ2v) is 7.01. The van der Waals surface area contributed by atoms with E-state index in [0.29, 0.717) is 17.3 Å². The predicted molar refractivity (Wildman–Crippen MR) is 111 cm³/mol. The topological polar surface area (TPSA) is 103 Å². The van der Waals surface area contributed by atoms with Gasteiger partial charge >= 0.3 is 0 Å². The van der Waals surface area contributed by atoms with Gasteiger partial charge in [0.1, 0.15) is 12.1 Å². The number of pyridine rings is 1. The van der Waals surface area contributed by atoms with Gasteiger partial charge < -0.3 is 5.32 Å². The lowest BCUT2D eigenvalue weighted by Crippen LogP contribution is -2.15. The molecule has 0 aliphatic carbocycles. The normalized spacial score (nSPS) is 11.3. The van der Waals surface area contributed by atoms with Gasteiger partial charge in [-0.25, -0.2) is 19.5 Å². The van der Waals surface area contributed by atoms with Gasteiger partial charge in [-0.1, -0.05) is 12.1 Å². The summed E-state index contributed by atoms with van der Waals surface area (Å²) in [7, 11) is 0. The maximum absolute atomic E-state index is 12.4. The van der Waals surface area contributed by atoms with Crippen LogP contribution in [0.4, 0.5) is 5.69 Å². The zero-order chi connectivity index (χ0) is 20.7. The highest BCUT2D eigenvalue weighted by Crippen LogP contribution is 2.17. The maximum atomic E-state index is 12.4. The molecule has 0 saturated heterocycles. The number of amides is 1. The number of rotatable bonds is 4. The number of aromatic nitrogens is 7. The van der Waals surface area contributed by atoms with Crippen LogP contribution in [-0.2, 0) is 11.2 Å². The first kappa shape index (κ1) is 17.9. The predicted octanol–water partition coefficient (Wildman–Crippen LogP) is 2.66. The first-order valence-electron chi connectivity index (χ1n) is 9.45. The molecule has 0 aliphatic heterocycles. The molecule has 0 fully saturated rings. The van der Waals surface area contributed by atoms with Crippen LogP contribution in [0.15, 0.2) is 55.0 Å². The molecule has 0 aliphatic rings. The van der Waals surface area contributed by atoms with Crippen LogP contribution in [0.2, 0.25) is 0 Å². The van der Waals surface area contributed by atoms with E-state index in [2.05, 4.69) is 30.4 Å². The van der Waals surface area contributed by atoms with Gasteiger partial charge in [0, 0.05) is 11.4 Å². The zero-order valence-corrected chi connectivity index (χ0v) is 16.4. The second-order valence-electron chi connectivity index (χ2n) is 7.01. The van der Waals surface area contributed by atoms with Crippen molar-refractivity contribution in [3.8, 4) is 5.82 Å². The summed E-state index contributed by atoms with van der Waals surface area (Å²) in [4.78, 5) is 30.0. The molecule has 5 rings (SSSR count). The van der Waals surface area contributed by atoms with Crippen molar-refractivity contribution >= 4 is 28.4 Å². The molecular weight excluding hydrogens is 380 g/mol. The van der Waals surface area contributed by atoms with E-state index in [1.807, 2.05) is 54.8 Å². The SMILES string of the molecule is Cc1cc(C)n2nc(CC(=O)Nc3ccc(-n4cnc5ccccc54)nc3)nc2n1. The summed E-state index contributed by atoms with van der Waals surface area (Å²) < 4.78 is 3.54. The number of carbonyl (C=O) groups excluding carboxylic acids is 1. The van der Waals surface area contributed by atoms with Gasteiger partial charge in [-0.15, -0.1) is 5.10 Å². The van der Waals surface area contributed by atoms with E-state index < -0.39 is 0 Å². The third-order valence-electron chi connectivity index (χ3n) is 4.71.